The van der Waals surface area contributed by atoms with Gasteiger partial charge in [-0.3, -0.25) is 14.5 Å². The standard InChI is InChI=1S/C17H26N2O4/c1-6-19(12-16(21)23-17(2,3)4)11-15(20)18-13-7-9-14(22-5)10-8-13/h7-10H,6,11-12H2,1-5H3,(H,18,20). The van der Waals surface area contributed by atoms with E-state index in [2.05, 4.69) is 5.32 Å². The molecule has 0 spiro atoms. The number of carbonyl (C=O) groups is 2. The Bertz CT molecular complexity index is 520. The molecule has 6 nitrogen and oxygen atoms in total. The van der Waals surface area contributed by atoms with E-state index in [9.17, 15) is 9.59 Å². The molecule has 128 valence electrons. The van der Waals surface area contributed by atoms with Crippen molar-refractivity contribution in [3.8, 4) is 5.75 Å². The fraction of sp³-hybridized carbons (Fsp3) is 0.529. The number of amides is 1. The number of esters is 1. The Morgan fingerprint density at radius 1 is 1.13 bits per heavy atom. The summed E-state index contributed by atoms with van der Waals surface area (Å²) in [6.07, 6.45) is 0. The lowest BCUT2D eigenvalue weighted by Crippen LogP contribution is -2.39. The third-order valence-corrected chi connectivity index (χ3v) is 2.96. The van der Waals surface area contributed by atoms with Crippen LogP contribution in [0.3, 0.4) is 0 Å². The Morgan fingerprint density at radius 3 is 2.22 bits per heavy atom. The number of rotatable bonds is 7. The van der Waals surface area contributed by atoms with Gasteiger partial charge in [0.15, 0.2) is 0 Å². The maximum atomic E-state index is 12.1. The van der Waals surface area contributed by atoms with E-state index in [1.165, 1.54) is 0 Å². The first-order valence-electron chi connectivity index (χ1n) is 7.61. The number of ether oxygens (including phenoxy) is 2. The van der Waals surface area contributed by atoms with Crippen LogP contribution in [0.4, 0.5) is 5.69 Å². The molecule has 1 amide bonds. The van der Waals surface area contributed by atoms with Crippen molar-refractivity contribution in [2.45, 2.75) is 33.3 Å². The fourth-order valence-electron chi connectivity index (χ4n) is 1.91. The number of benzene rings is 1. The van der Waals surface area contributed by atoms with E-state index in [4.69, 9.17) is 9.47 Å². The second-order valence-electron chi connectivity index (χ2n) is 6.17. The van der Waals surface area contributed by atoms with Gasteiger partial charge in [0.1, 0.15) is 11.4 Å². The van der Waals surface area contributed by atoms with Crippen LogP contribution in [-0.2, 0) is 14.3 Å². The van der Waals surface area contributed by atoms with Crippen LogP contribution >= 0.6 is 0 Å². The van der Waals surface area contributed by atoms with Crippen molar-refractivity contribution in [1.29, 1.82) is 0 Å². The summed E-state index contributed by atoms with van der Waals surface area (Å²) in [4.78, 5) is 25.6. The fourth-order valence-corrected chi connectivity index (χ4v) is 1.91. The largest absolute Gasteiger partial charge is 0.497 e. The first-order chi connectivity index (χ1) is 10.7. The van der Waals surface area contributed by atoms with Crippen LogP contribution in [0.2, 0.25) is 0 Å². The molecule has 0 aliphatic rings. The van der Waals surface area contributed by atoms with E-state index in [1.807, 2.05) is 27.7 Å². The minimum atomic E-state index is -0.526. The molecule has 0 fully saturated rings. The lowest BCUT2D eigenvalue weighted by Gasteiger charge is -2.23. The summed E-state index contributed by atoms with van der Waals surface area (Å²) in [5, 5.41) is 2.79. The third kappa shape index (κ3) is 7.65. The number of anilines is 1. The second-order valence-corrected chi connectivity index (χ2v) is 6.17. The second kappa shape index (κ2) is 8.53. The lowest BCUT2D eigenvalue weighted by atomic mass is 10.2. The molecule has 0 radical (unpaired) electrons. The molecule has 0 bridgehead atoms. The molecule has 0 aliphatic heterocycles. The molecule has 0 atom stereocenters. The summed E-state index contributed by atoms with van der Waals surface area (Å²) in [5.41, 5.74) is 0.158. The predicted molar refractivity (Wildman–Crippen MR) is 89.6 cm³/mol. The molecule has 0 aliphatic carbocycles. The van der Waals surface area contributed by atoms with E-state index in [0.717, 1.165) is 5.75 Å². The summed E-state index contributed by atoms with van der Waals surface area (Å²) < 4.78 is 10.3. The van der Waals surface area contributed by atoms with Gasteiger partial charge in [-0.1, -0.05) is 6.92 Å². The highest BCUT2D eigenvalue weighted by Gasteiger charge is 2.19. The Labute approximate surface area is 137 Å². The summed E-state index contributed by atoms with van der Waals surface area (Å²) in [7, 11) is 1.59. The number of likely N-dealkylation sites (N-methyl/N-ethyl adjacent to an activating group) is 1. The van der Waals surface area contributed by atoms with E-state index in [0.29, 0.717) is 12.2 Å². The average Bonchev–Trinajstić information content (AvgIpc) is 2.45. The van der Waals surface area contributed by atoms with E-state index in [-0.39, 0.29) is 25.0 Å². The number of hydrogen-bond acceptors (Lipinski definition) is 5. The van der Waals surface area contributed by atoms with Crippen molar-refractivity contribution in [1.82, 2.24) is 4.90 Å². The summed E-state index contributed by atoms with van der Waals surface area (Å²) in [6.45, 7) is 8.14. The topological polar surface area (TPSA) is 67.9 Å². The first-order valence-corrected chi connectivity index (χ1v) is 7.61. The van der Waals surface area contributed by atoms with Crippen molar-refractivity contribution in [3.05, 3.63) is 24.3 Å². The van der Waals surface area contributed by atoms with Crippen molar-refractivity contribution in [2.75, 3.05) is 32.1 Å². The zero-order valence-electron chi connectivity index (χ0n) is 14.5. The molecule has 0 saturated heterocycles. The quantitative estimate of drug-likeness (QED) is 0.780. The minimum absolute atomic E-state index is 0.0871. The van der Waals surface area contributed by atoms with E-state index in [1.54, 1.807) is 36.3 Å². The van der Waals surface area contributed by atoms with Gasteiger partial charge in [-0.05, 0) is 51.6 Å². The number of carbonyl (C=O) groups excluding carboxylic acids is 2. The van der Waals surface area contributed by atoms with Gasteiger partial charge in [-0.25, -0.2) is 0 Å². The summed E-state index contributed by atoms with van der Waals surface area (Å²) in [5.74, 6) is 0.209. The Hall–Kier alpha value is -2.08. The van der Waals surface area contributed by atoms with Crippen LogP contribution < -0.4 is 10.1 Å². The molecular weight excluding hydrogens is 296 g/mol. The van der Waals surface area contributed by atoms with Crippen molar-refractivity contribution < 1.29 is 19.1 Å². The van der Waals surface area contributed by atoms with Crippen LogP contribution in [0, 0.1) is 0 Å². The highest BCUT2D eigenvalue weighted by molar-refractivity contribution is 5.92. The third-order valence-electron chi connectivity index (χ3n) is 2.96. The molecule has 1 aromatic carbocycles. The molecule has 1 N–H and O–H groups in total. The molecule has 1 rings (SSSR count). The Morgan fingerprint density at radius 2 is 1.74 bits per heavy atom. The zero-order valence-corrected chi connectivity index (χ0v) is 14.5. The molecule has 6 heteroatoms. The smallest absolute Gasteiger partial charge is 0.320 e. The van der Waals surface area contributed by atoms with Crippen molar-refractivity contribution >= 4 is 17.6 Å². The van der Waals surface area contributed by atoms with Gasteiger partial charge in [0, 0.05) is 5.69 Å². The summed E-state index contributed by atoms with van der Waals surface area (Å²) in [6, 6.07) is 7.07. The van der Waals surface area contributed by atoms with Gasteiger partial charge >= 0.3 is 5.97 Å². The van der Waals surface area contributed by atoms with Gasteiger partial charge in [0.25, 0.3) is 0 Å². The van der Waals surface area contributed by atoms with Crippen LogP contribution in [0.25, 0.3) is 0 Å². The van der Waals surface area contributed by atoms with Crippen LogP contribution in [0.1, 0.15) is 27.7 Å². The normalized spacial score (nSPS) is 11.2. The number of hydrogen-bond donors (Lipinski definition) is 1. The monoisotopic (exact) mass is 322 g/mol. The SMILES string of the molecule is CCN(CC(=O)Nc1ccc(OC)cc1)CC(=O)OC(C)(C)C. The van der Waals surface area contributed by atoms with Crippen molar-refractivity contribution in [3.63, 3.8) is 0 Å². The molecule has 0 saturated carbocycles. The molecule has 0 aromatic heterocycles. The average molecular weight is 322 g/mol. The molecule has 0 unspecified atom stereocenters. The van der Waals surface area contributed by atoms with Crippen LogP contribution in [0.5, 0.6) is 5.75 Å². The Kier molecular flexibility index (Phi) is 7.03. The number of nitrogens with one attached hydrogen (secondary N) is 1. The van der Waals surface area contributed by atoms with E-state index >= 15 is 0 Å². The van der Waals surface area contributed by atoms with Gasteiger partial charge in [0.2, 0.25) is 5.91 Å². The maximum Gasteiger partial charge on any atom is 0.320 e. The minimum Gasteiger partial charge on any atom is -0.497 e. The molecule has 23 heavy (non-hydrogen) atoms. The van der Waals surface area contributed by atoms with E-state index < -0.39 is 5.60 Å². The first kappa shape index (κ1) is 19.0. The van der Waals surface area contributed by atoms with Gasteiger partial charge in [-0.2, -0.15) is 0 Å². The van der Waals surface area contributed by atoms with Crippen LogP contribution in [-0.4, -0.2) is 49.1 Å². The highest BCUT2D eigenvalue weighted by Crippen LogP contribution is 2.15. The Balaban J connectivity index is 2.50. The molecule has 0 heterocycles. The number of methoxy groups -OCH3 is 1. The van der Waals surface area contributed by atoms with Gasteiger partial charge in [0.05, 0.1) is 20.2 Å². The number of nitrogens with zero attached hydrogens (tertiary/aromatic N) is 1. The maximum absolute atomic E-state index is 12.1. The molecular formula is C17H26N2O4. The van der Waals surface area contributed by atoms with Gasteiger partial charge in [-0.15, -0.1) is 0 Å². The van der Waals surface area contributed by atoms with Crippen LogP contribution in [0.15, 0.2) is 24.3 Å². The zero-order chi connectivity index (χ0) is 17.5. The molecule has 1 aromatic rings. The van der Waals surface area contributed by atoms with Crippen molar-refractivity contribution in [2.24, 2.45) is 0 Å². The van der Waals surface area contributed by atoms with Gasteiger partial charge < -0.3 is 14.8 Å². The predicted octanol–water partition coefficient (Wildman–Crippen LogP) is 2.30. The summed E-state index contributed by atoms with van der Waals surface area (Å²) >= 11 is 0. The lowest BCUT2D eigenvalue weighted by molar-refractivity contribution is -0.156. The highest BCUT2D eigenvalue weighted by atomic mass is 16.6.